The molecule has 3 rings (SSSR count). The molecule has 148 valence electrons. The number of amides is 1. The van der Waals surface area contributed by atoms with Gasteiger partial charge in [0.1, 0.15) is 11.6 Å². The number of carbonyl (C=O) groups excluding carboxylic acids is 1. The first-order chi connectivity index (χ1) is 13.8. The Balaban J connectivity index is 1.74. The largest absolute Gasteiger partial charge is 0.397 e. The number of thiocarbonyl (C=S) groups is 1. The molecule has 0 aliphatic rings. The van der Waals surface area contributed by atoms with Crippen LogP contribution in [-0.4, -0.2) is 16.0 Å². The molecule has 29 heavy (non-hydrogen) atoms. The lowest BCUT2D eigenvalue weighted by Crippen LogP contribution is -2.21. The Kier molecular flexibility index (Phi) is 6.63. The van der Waals surface area contributed by atoms with Crippen molar-refractivity contribution in [3.63, 3.8) is 0 Å². The number of benzene rings is 2. The number of nitrogen functional groups attached to an aromatic ring is 1. The maximum absolute atomic E-state index is 13.9. The van der Waals surface area contributed by atoms with E-state index in [1.54, 1.807) is 30.5 Å². The second kappa shape index (κ2) is 9.17. The van der Waals surface area contributed by atoms with Gasteiger partial charge in [-0.05, 0) is 70.6 Å². The highest BCUT2D eigenvalue weighted by Gasteiger charge is 2.12. The number of aromatic nitrogens is 1. The molecule has 0 saturated carbocycles. The number of hydrogen-bond acceptors (Lipinski definition) is 4. The number of nitrogens with one attached hydrogen (secondary N) is 3. The highest BCUT2D eigenvalue weighted by Crippen LogP contribution is 2.26. The predicted octanol–water partition coefficient (Wildman–Crippen LogP) is 5.28. The number of nitrogens with two attached hydrogens (primary N) is 1. The van der Waals surface area contributed by atoms with E-state index in [4.69, 9.17) is 29.6 Å². The molecular formula is C19H14BrClFN5OS. The highest BCUT2D eigenvalue weighted by atomic mass is 79.9. The first-order valence-electron chi connectivity index (χ1n) is 8.18. The molecule has 1 amide bonds. The van der Waals surface area contributed by atoms with Crippen LogP contribution < -0.4 is 21.7 Å². The molecule has 10 heteroatoms. The number of para-hydroxylation sites is 1. The van der Waals surface area contributed by atoms with Gasteiger partial charge in [-0.1, -0.05) is 17.7 Å². The van der Waals surface area contributed by atoms with Crippen molar-refractivity contribution in [2.75, 3.05) is 21.7 Å². The van der Waals surface area contributed by atoms with Crippen LogP contribution in [0.4, 0.5) is 27.3 Å². The summed E-state index contributed by atoms with van der Waals surface area (Å²) in [6, 6.07) is 12.4. The van der Waals surface area contributed by atoms with Crippen molar-refractivity contribution >= 4 is 73.6 Å². The summed E-state index contributed by atoms with van der Waals surface area (Å²) in [5, 5.41) is 8.47. The lowest BCUT2D eigenvalue weighted by molar-refractivity contribution is 0.102. The van der Waals surface area contributed by atoms with Crippen molar-refractivity contribution in [3.8, 4) is 0 Å². The molecule has 0 aliphatic carbocycles. The maximum Gasteiger partial charge on any atom is 0.256 e. The molecule has 0 saturated heterocycles. The number of halogens is 3. The normalized spacial score (nSPS) is 10.3. The van der Waals surface area contributed by atoms with Crippen molar-refractivity contribution in [2.45, 2.75) is 0 Å². The summed E-state index contributed by atoms with van der Waals surface area (Å²) in [5.41, 5.74) is 7.07. The Hall–Kier alpha value is -2.75. The topological polar surface area (TPSA) is 92.1 Å². The maximum atomic E-state index is 13.9. The number of pyridine rings is 1. The molecule has 2 aromatic carbocycles. The quantitative estimate of drug-likeness (QED) is 0.291. The van der Waals surface area contributed by atoms with E-state index in [2.05, 4.69) is 36.9 Å². The average Bonchev–Trinajstić information content (AvgIpc) is 2.68. The van der Waals surface area contributed by atoms with Crippen LogP contribution in [0.5, 0.6) is 0 Å². The third-order valence-electron chi connectivity index (χ3n) is 3.73. The second-order valence-corrected chi connectivity index (χ2v) is 7.52. The number of anilines is 4. The van der Waals surface area contributed by atoms with Gasteiger partial charge in [0, 0.05) is 16.2 Å². The predicted molar refractivity (Wildman–Crippen MR) is 122 cm³/mol. The van der Waals surface area contributed by atoms with Gasteiger partial charge in [0.25, 0.3) is 5.91 Å². The van der Waals surface area contributed by atoms with Gasteiger partial charge in [-0.25, -0.2) is 9.37 Å². The van der Waals surface area contributed by atoms with Crippen molar-refractivity contribution in [1.82, 2.24) is 4.98 Å². The molecular weight excluding hydrogens is 481 g/mol. The van der Waals surface area contributed by atoms with Crippen LogP contribution in [0.2, 0.25) is 5.02 Å². The van der Waals surface area contributed by atoms with Gasteiger partial charge < -0.3 is 21.7 Å². The fourth-order valence-electron chi connectivity index (χ4n) is 2.33. The van der Waals surface area contributed by atoms with Crippen LogP contribution >= 0.6 is 39.7 Å². The highest BCUT2D eigenvalue weighted by molar-refractivity contribution is 9.10. The lowest BCUT2D eigenvalue weighted by Gasteiger charge is -2.15. The van der Waals surface area contributed by atoms with Gasteiger partial charge in [-0.15, -0.1) is 0 Å². The van der Waals surface area contributed by atoms with E-state index in [1.807, 2.05) is 0 Å². The van der Waals surface area contributed by atoms with Gasteiger partial charge in [0.2, 0.25) is 0 Å². The van der Waals surface area contributed by atoms with Gasteiger partial charge in [-0.2, -0.15) is 0 Å². The van der Waals surface area contributed by atoms with Crippen molar-refractivity contribution in [2.24, 2.45) is 0 Å². The molecule has 0 radical (unpaired) electrons. The zero-order valence-corrected chi connectivity index (χ0v) is 17.8. The van der Waals surface area contributed by atoms with E-state index in [0.29, 0.717) is 22.8 Å². The smallest absolute Gasteiger partial charge is 0.256 e. The first-order valence-corrected chi connectivity index (χ1v) is 9.76. The first kappa shape index (κ1) is 21.0. The van der Waals surface area contributed by atoms with E-state index in [1.165, 1.54) is 24.3 Å². The minimum Gasteiger partial charge on any atom is -0.397 e. The monoisotopic (exact) mass is 493 g/mol. The average molecular weight is 495 g/mol. The van der Waals surface area contributed by atoms with Crippen LogP contribution in [0.3, 0.4) is 0 Å². The number of nitrogens with zero attached hydrogens (tertiary/aromatic N) is 1. The van der Waals surface area contributed by atoms with E-state index in [0.717, 1.165) is 4.47 Å². The zero-order chi connectivity index (χ0) is 21.0. The number of hydrogen-bond donors (Lipinski definition) is 4. The molecule has 0 bridgehead atoms. The molecule has 0 unspecified atom stereocenters. The van der Waals surface area contributed by atoms with Crippen LogP contribution in [0, 0.1) is 5.82 Å². The third-order valence-corrected chi connectivity index (χ3v) is 4.72. The standard InChI is InChI=1S/C19H14BrClFN5OS/c20-11-5-7-16(24-9-11)26-18(28)10-4-6-14(23)15(8-10)25-19(29)27-17-12(21)2-1-3-13(17)22/h1-9H,23H2,(H,24,26,28)(H2,25,27,29). The SMILES string of the molecule is Nc1ccc(C(=O)Nc2ccc(Br)cn2)cc1NC(=S)Nc1c(F)cccc1Cl. The Morgan fingerprint density at radius 1 is 1.14 bits per heavy atom. The molecule has 0 fully saturated rings. The summed E-state index contributed by atoms with van der Waals surface area (Å²) in [4.78, 5) is 16.6. The summed E-state index contributed by atoms with van der Waals surface area (Å²) in [5.74, 6) is -0.528. The van der Waals surface area contributed by atoms with E-state index in [9.17, 15) is 9.18 Å². The molecule has 6 nitrogen and oxygen atoms in total. The lowest BCUT2D eigenvalue weighted by atomic mass is 10.1. The minimum absolute atomic E-state index is 0.0421. The van der Waals surface area contributed by atoms with Crippen LogP contribution in [0.25, 0.3) is 0 Å². The molecule has 0 spiro atoms. The van der Waals surface area contributed by atoms with E-state index >= 15 is 0 Å². The number of carbonyl (C=O) groups is 1. The number of rotatable bonds is 4. The van der Waals surface area contributed by atoms with Crippen LogP contribution in [0.1, 0.15) is 10.4 Å². The van der Waals surface area contributed by atoms with Crippen LogP contribution in [0.15, 0.2) is 59.2 Å². The summed E-state index contributed by atoms with van der Waals surface area (Å²) in [6.07, 6.45) is 1.57. The summed E-state index contributed by atoms with van der Waals surface area (Å²) < 4.78 is 14.7. The fourth-order valence-corrected chi connectivity index (χ4v) is 2.99. The molecule has 1 aromatic heterocycles. The Bertz CT molecular complexity index is 1060. The van der Waals surface area contributed by atoms with Crippen molar-refractivity contribution in [1.29, 1.82) is 0 Å². The molecule has 5 N–H and O–H groups in total. The van der Waals surface area contributed by atoms with Gasteiger partial charge in [0.05, 0.1) is 22.1 Å². The fraction of sp³-hybridized carbons (Fsp3) is 0. The van der Waals surface area contributed by atoms with Gasteiger partial charge in [-0.3, -0.25) is 4.79 Å². The Labute approximate surface area is 184 Å². The minimum atomic E-state index is -0.551. The van der Waals surface area contributed by atoms with Crippen molar-refractivity contribution < 1.29 is 9.18 Å². The van der Waals surface area contributed by atoms with E-state index in [-0.39, 0.29) is 21.7 Å². The van der Waals surface area contributed by atoms with Crippen molar-refractivity contribution in [3.05, 3.63) is 75.6 Å². The summed E-state index contributed by atoms with van der Waals surface area (Å²) in [7, 11) is 0. The molecule has 0 atom stereocenters. The Morgan fingerprint density at radius 2 is 1.93 bits per heavy atom. The van der Waals surface area contributed by atoms with Gasteiger partial charge >= 0.3 is 0 Å². The zero-order valence-electron chi connectivity index (χ0n) is 14.7. The molecule has 3 aromatic rings. The summed E-state index contributed by atoms with van der Waals surface area (Å²) in [6.45, 7) is 0. The molecule has 1 heterocycles. The van der Waals surface area contributed by atoms with Crippen LogP contribution in [-0.2, 0) is 0 Å². The summed E-state index contributed by atoms with van der Waals surface area (Å²) >= 11 is 14.5. The Morgan fingerprint density at radius 3 is 2.62 bits per heavy atom. The second-order valence-electron chi connectivity index (χ2n) is 5.79. The molecule has 0 aliphatic heterocycles. The third kappa shape index (κ3) is 5.41. The van der Waals surface area contributed by atoms with E-state index < -0.39 is 5.82 Å². The van der Waals surface area contributed by atoms with Gasteiger partial charge in [0.15, 0.2) is 5.11 Å².